The molecular weight excluding hydrogens is 445 g/mol. The summed E-state index contributed by atoms with van der Waals surface area (Å²) in [5.74, 6) is 2.52. The monoisotopic (exact) mass is 473 g/mol. The molecule has 1 heterocycles. The third-order valence-electron chi connectivity index (χ3n) is 3.29. The summed E-state index contributed by atoms with van der Waals surface area (Å²) in [5, 5.41) is 6.48. The highest BCUT2D eigenvalue weighted by Gasteiger charge is 1.98. The van der Waals surface area contributed by atoms with Crippen LogP contribution in [0.1, 0.15) is 19.1 Å². The maximum atomic E-state index is 5.65. The number of hydrogen-bond donors (Lipinski definition) is 2. The maximum Gasteiger partial charge on any atom is 0.191 e. The third kappa shape index (κ3) is 9.67. The first-order valence-electron chi connectivity index (χ1n) is 8.68. The van der Waals surface area contributed by atoms with E-state index in [-0.39, 0.29) is 24.0 Å². The Balaban J connectivity index is 0.00000338. The van der Waals surface area contributed by atoms with Crippen molar-refractivity contribution in [3.8, 4) is 5.75 Å². The van der Waals surface area contributed by atoms with Gasteiger partial charge in [0, 0.05) is 19.7 Å². The van der Waals surface area contributed by atoms with E-state index in [4.69, 9.17) is 13.9 Å². The van der Waals surface area contributed by atoms with E-state index in [1.54, 1.807) is 6.26 Å². The second-order valence-corrected chi connectivity index (χ2v) is 5.33. The molecule has 0 spiro atoms. The number of para-hydroxylation sites is 1. The second-order valence-electron chi connectivity index (χ2n) is 5.33. The SMILES string of the molecule is CCNC(=NCCCOCc1ccco1)NCCOc1ccccc1.I. The minimum Gasteiger partial charge on any atom is -0.492 e. The number of rotatable bonds is 11. The number of nitrogens with zero attached hydrogens (tertiary/aromatic N) is 1. The van der Waals surface area contributed by atoms with Gasteiger partial charge in [-0.05, 0) is 37.6 Å². The van der Waals surface area contributed by atoms with Crippen molar-refractivity contribution >= 4 is 29.9 Å². The van der Waals surface area contributed by atoms with Crippen LogP contribution in [-0.4, -0.2) is 38.8 Å². The Kier molecular flexibility index (Phi) is 12.4. The quantitative estimate of drug-likeness (QED) is 0.227. The number of halogens is 1. The molecule has 0 saturated carbocycles. The molecule has 2 N–H and O–H groups in total. The van der Waals surface area contributed by atoms with Gasteiger partial charge in [0.25, 0.3) is 0 Å². The van der Waals surface area contributed by atoms with Crippen molar-refractivity contribution in [3.63, 3.8) is 0 Å². The highest BCUT2D eigenvalue weighted by Crippen LogP contribution is 2.07. The minimum absolute atomic E-state index is 0. The van der Waals surface area contributed by atoms with Crippen LogP contribution in [0, 0.1) is 0 Å². The molecule has 0 aliphatic carbocycles. The molecule has 0 atom stereocenters. The number of aliphatic imine (C=N–C) groups is 1. The van der Waals surface area contributed by atoms with Crippen molar-refractivity contribution < 1.29 is 13.9 Å². The molecule has 2 aromatic rings. The molecule has 0 radical (unpaired) electrons. The van der Waals surface area contributed by atoms with E-state index in [1.165, 1.54) is 0 Å². The third-order valence-corrected chi connectivity index (χ3v) is 3.29. The van der Waals surface area contributed by atoms with Crippen LogP contribution in [0.2, 0.25) is 0 Å². The van der Waals surface area contributed by atoms with E-state index < -0.39 is 0 Å². The first-order valence-corrected chi connectivity index (χ1v) is 8.68. The Morgan fingerprint density at radius 2 is 1.92 bits per heavy atom. The lowest BCUT2D eigenvalue weighted by molar-refractivity contribution is 0.105. The van der Waals surface area contributed by atoms with Gasteiger partial charge in [-0.15, -0.1) is 24.0 Å². The summed E-state index contributed by atoms with van der Waals surface area (Å²) in [7, 11) is 0. The fourth-order valence-electron chi connectivity index (χ4n) is 2.12. The van der Waals surface area contributed by atoms with Gasteiger partial charge in [-0.25, -0.2) is 0 Å². The molecule has 1 aromatic heterocycles. The Labute approximate surface area is 172 Å². The Bertz CT molecular complexity index is 591. The van der Waals surface area contributed by atoms with Gasteiger partial charge in [-0.2, -0.15) is 0 Å². The summed E-state index contributed by atoms with van der Waals surface area (Å²) in [6.45, 7) is 6.00. The zero-order valence-corrected chi connectivity index (χ0v) is 17.5. The van der Waals surface area contributed by atoms with Gasteiger partial charge in [-0.3, -0.25) is 4.99 Å². The average molecular weight is 473 g/mol. The largest absolute Gasteiger partial charge is 0.492 e. The summed E-state index contributed by atoms with van der Waals surface area (Å²) in [6, 6.07) is 13.6. The number of benzene rings is 1. The van der Waals surface area contributed by atoms with E-state index in [0.29, 0.717) is 32.9 Å². The van der Waals surface area contributed by atoms with Crippen molar-refractivity contribution in [3.05, 3.63) is 54.5 Å². The fourth-order valence-corrected chi connectivity index (χ4v) is 2.12. The summed E-state index contributed by atoms with van der Waals surface area (Å²) in [6.07, 6.45) is 2.51. The van der Waals surface area contributed by atoms with Crippen LogP contribution in [0.4, 0.5) is 0 Å². The van der Waals surface area contributed by atoms with E-state index in [2.05, 4.69) is 15.6 Å². The second kappa shape index (κ2) is 14.4. The van der Waals surface area contributed by atoms with Crippen LogP contribution in [-0.2, 0) is 11.3 Å². The van der Waals surface area contributed by atoms with Gasteiger partial charge >= 0.3 is 0 Å². The molecule has 2 rings (SSSR count). The number of guanidine groups is 1. The van der Waals surface area contributed by atoms with Gasteiger partial charge in [0.1, 0.15) is 24.7 Å². The summed E-state index contributed by atoms with van der Waals surface area (Å²) < 4.78 is 16.4. The first-order chi connectivity index (χ1) is 12.4. The van der Waals surface area contributed by atoms with E-state index in [1.807, 2.05) is 49.4 Å². The van der Waals surface area contributed by atoms with Crippen molar-refractivity contribution in [2.75, 3.05) is 32.8 Å². The Morgan fingerprint density at radius 1 is 1.08 bits per heavy atom. The predicted octanol–water partition coefficient (Wildman–Crippen LogP) is 3.44. The minimum atomic E-state index is 0. The lowest BCUT2D eigenvalue weighted by atomic mass is 10.3. The van der Waals surface area contributed by atoms with Gasteiger partial charge in [0.2, 0.25) is 0 Å². The predicted molar refractivity (Wildman–Crippen MR) is 114 cm³/mol. The van der Waals surface area contributed by atoms with Crippen molar-refractivity contribution in [2.45, 2.75) is 20.0 Å². The van der Waals surface area contributed by atoms with Crippen molar-refractivity contribution in [1.82, 2.24) is 10.6 Å². The topological polar surface area (TPSA) is 68.0 Å². The molecule has 6 nitrogen and oxygen atoms in total. The van der Waals surface area contributed by atoms with Crippen molar-refractivity contribution in [2.24, 2.45) is 4.99 Å². The average Bonchev–Trinajstić information content (AvgIpc) is 3.16. The summed E-state index contributed by atoms with van der Waals surface area (Å²) in [4.78, 5) is 4.53. The molecule has 0 unspecified atom stereocenters. The zero-order valence-electron chi connectivity index (χ0n) is 15.1. The molecule has 7 heteroatoms. The van der Waals surface area contributed by atoms with E-state index in [9.17, 15) is 0 Å². The van der Waals surface area contributed by atoms with Crippen LogP contribution >= 0.6 is 24.0 Å². The maximum absolute atomic E-state index is 5.65. The van der Waals surface area contributed by atoms with Crippen LogP contribution in [0.5, 0.6) is 5.75 Å². The van der Waals surface area contributed by atoms with Crippen LogP contribution in [0.15, 0.2) is 58.1 Å². The molecule has 1 aromatic carbocycles. The standard InChI is InChI=1S/C19H27N3O3.HI/c1-2-20-19(22-12-15-25-17-8-4-3-5-9-17)21-11-7-13-23-16-18-10-6-14-24-18;/h3-6,8-10,14H,2,7,11-13,15-16H2,1H3,(H2,20,21,22);1H. The van der Waals surface area contributed by atoms with Crippen LogP contribution in [0.25, 0.3) is 0 Å². The molecule has 26 heavy (non-hydrogen) atoms. The number of ether oxygens (including phenoxy) is 2. The van der Waals surface area contributed by atoms with E-state index in [0.717, 1.165) is 30.4 Å². The van der Waals surface area contributed by atoms with E-state index >= 15 is 0 Å². The Hall–Kier alpha value is -1.74. The molecule has 144 valence electrons. The van der Waals surface area contributed by atoms with Crippen molar-refractivity contribution in [1.29, 1.82) is 0 Å². The number of nitrogens with one attached hydrogen (secondary N) is 2. The molecule has 0 amide bonds. The lowest BCUT2D eigenvalue weighted by Gasteiger charge is -2.12. The number of furan rings is 1. The molecule has 0 aliphatic rings. The van der Waals surface area contributed by atoms with Gasteiger partial charge in [0.05, 0.1) is 12.8 Å². The molecule has 0 fully saturated rings. The van der Waals surface area contributed by atoms with Crippen LogP contribution < -0.4 is 15.4 Å². The molecular formula is C19H28IN3O3. The molecule has 0 saturated heterocycles. The highest BCUT2D eigenvalue weighted by molar-refractivity contribution is 14.0. The van der Waals surface area contributed by atoms with Gasteiger partial charge in [-0.1, -0.05) is 18.2 Å². The zero-order chi connectivity index (χ0) is 17.6. The van der Waals surface area contributed by atoms with Crippen LogP contribution in [0.3, 0.4) is 0 Å². The van der Waals surface area contributed by atoms with Gasteiger partial charge in [0.15, 0.2) is 5.96 Å². The number of hydrogen-bond acceptors (Lipinski definition) is 4. The van der Waals surface area contributed by atoms with Gasteiger partial charge < -0.3 is 24.5 Å². The highest BCUT2D eigenvalue weighted by atomic mass is 127. The normalized spacial score (nSPS) is 10.9. The Morgan fingerprint density at radius 3 is 2.65 bits per heavy atom. The smallest absolute Gasteiger partial charge is 0.191 e. The summed E-state index contributed by atoms with van der Waals surface area (Å²) >= 11 is 0. The lowest BCUT2D eigenvalue weighted by Crippen LogP contribution is -2.39. The molecule has 0 bridgehead atoms. The summed E-state index contributed by atoms with van der Waals surface area (Å²) in [5.41, 5.74) is 0. The fraction of sp³-hybridized carbons (Fsp3) is 0.421. The molecule has 0 aliphatic heterocycles. The first kappa shape index (κ1) is 22.3.